The second-order valence-electron chi connectivity index (χ2n) is 11.7. The Morgan fingerprint density at radius 3 is 2.17 bits per heavy atom. The van der Waals surface area contributed by atoms with E-state index in [0.717, 1.165) is 30.5 Å². The lowest BCUT2D eigenvalue weighted by atomic mass is 9.69. The number of aliphatic imine (C=N–C) groups is 1. The molecule has 36 heavy (non-hydrogen) atoms. The van der Waals surface area contributed by atoms with Crippen molar-refractivity contribution in [1.82, 2.24) is 4.90 Å². The molecule has 0 radical (unpaired) electrons. The fourth-order valence-corrected chi connectivity index (χ4v) is 5.52. The number of alkyl halides is 3. The third-order valence-corrected chi connectivity index (χ3v) is 7.88. The predicted molar refractivity (Wildman–Crippen MR) is 135 cm³/mol. The Morgan fingerprint density at radius 2 is 1.61 bits per heavy atom. The van der Waals surface area contributed by atoms with Gasteiger partial charge in [-0.05, 0) is 68.6 Å². The van der Waals surface area contributed by atoms with Gasteiger partial charge < -0.3 is 10.0 Å². The minimum Gasteiger partial charge on any atom is -0.384 e. The van der Waals surface area contributed by atoms with Crippen molar-refractivity contribution in [3.05, 3.63) is 70.8 Å². The Kier molecular flexibility index (Phi) is 6.61. The van der Waals surface area contributed by atoms with Gasteiger partial charge in [0.2, 0.25) is 0 Å². The molecule has 4 rings (SSSR count). The zero-order valence-electron chi connectivity index (χ0n) is 21.6. The van der Waals surface area contributed by atoms with Crippen LogP contribution in [0, 0.1) is 18.3 Å². The molecule has 1 aliphatic heterocycles. The molecule has 2 aromatic carbocycles. The number of nitrogens with zero attached hydrogens (tertiary/aromatic N) is 2. The standard InChI is InChI=1S/C29H35F3N2O2/c1-19-9-11-22(12-10-19)27(5,36)18-34-25(35)24(20-7-6-8-23(17-20)29(30,31)32)33-28(34)15-13-21(14-16-28)26(2,3)4/h6-12,17,21,36H,13-16,18H2,1-5H3. The van der Waals surface area contributed by atoms with E-state index in [0.29, 0.717) is 24.3 Å². The maximum atomic E-state index is 13.8. The van der Waals surface area contributed by atoms with E-state index in [4.69, 9.17) is 4.99 Å². The third-order valence-electron chi connectivity index (χ3n) is 7.88. The molecule has 1 aliphatic carbocycles. The number of aliphatic hydroxyl groups is 1. The van der Waals surface area contributed by atoms with Crippen LogP contribution in [0.1, 0.15) is 75.6 Å². The van der Waals surface area contributed by atoms with Gasteiger partial charge in [0, 0.05) is 5.56 Å². The highest BCUT2D eigenvalue weighted by atomic mass is 19.4. The van der Waals surface area contributed by atoms with E-state index < -0.39 is 28.9 Å². The molecule has 2 aliphatic rings. The highest BCUT2D eigenvalue weighted by Gasteiger charge is 2.52. The topological polar surface area (TPSA) is 52.9 Å². The van der Waals surface area contributed by atoms with E-state index in [1.165, 1.54) is 12.1 Å². The first-order valence-electron chi connectivity index (χ1n) is 12.5. The van der Waals surface area contributed by atoms with Crippen molar-refractivity contribution in [2.45, 2.75) is 77.7 Å². The van der Waals surface area contributed by atoms with Crippen LogP contribution in [0.15, 0.2) is 53.5 Å². The zero-order chi connectivity index (χ0) is 26.5. The van der Waals surface area contributed by atoms with Crippen LogP contribution < -0.4 is 0 Å². The first-order valence-corrected chi connectivity index (χ1v) is 12.5. The molecule has 4 nitrogen and oxygen atoms in total. The molecule has 1 fully saturated rings. The first kappa shape index (κ1) is 26.4. The summed E-state index contributed by atoms with van der Waals surface area (Å²) in [5.74, 6) is 0.0152. The van der Waals surface area contributed by atoms with E-state index in [-0.39, 0.29) is 23.2 Å². The lowest BCUT2D eigenvalue weighted by molar-refractivity contribution is -0.138. The second kappa shape index (κ2) is 9.02. The van der Waals surface area contributed by atoms with Crippen LogP contribution in [0.3, 0.4) is 0 Å². The van der Waals surface area contributed by atoms with Crippen molar-refractivity contribution in [1.29, 1.82) is 0 Å². The van der Waals surface area contributed by atoms with E-state index in [1.54, 1.807) is 11.8 Å². The molecule has 1 spiro atoms. The fourth-order valence-electron chi connectivity index (χ4n) is 5.52. The van der Waals surface area contributed by atoms with Crippen LogP contribution in [-0.4, -0.2) is 33.8 Å². The van der Waals surface area contributed by atoms with Crippen LogP contribution in [0.2, 0.25) is 0 Å². The average Bonchev–Trinajstić information content (AvgIpc) is 3.04. The van der Waals surface area contributed by atoms with E-state index in [1.807, 2.05) is 31.2 Å². The maximum Gasteiger partial charge on any atom is 0.416 e. The Labute approximate surface area is 211 Å². The second-order valence-corrected chi connectivity index (χ2v) is 11.7. The van der Waals surface area contributed by atoms with Gasteiger partial charge >= 0.3 is 6.18 Å². The van der Waals surface area contributed by atoms with E-state index >= 15 is 0 Å². The van der Waals surface area contributed by atoms with Gasteiger partial charge in [-0.3, -0.25) is 9.79 Å². The third kappa shape index (κ3) is 5.08. The molecule has 1 unspecified atom stereocenters. The first-order chi connectivity index (χ1) is 16.6. The number of amides is 1. The van der Waals surface area contributed by atoms with Crippen molar-refractivity contribution >= 4 is 11.6 Å². The zero-order valence-corrected chi connectivity index (χ0v) is 21.6. The normalized spacial score (nSPS) is 24.7. The minimum atomic E-state index is -4.52. The van der Waals surface area contributed by atoms with Gasteiger partial charge in [0.15, 0.2) is 0 Å². The predicted octanol–water partition coefficient (Wildman–Crippen LogP) is 6.49. The van der Waals surface area contributed by atoms with Crippen LogP contribution in [0.25, 0.3) is 0 Å². The monoisotopic (exact) mass is 500 g/mol. The van der Waals surface area contributed by atoms with Crippen molar-refractivity contribution in [3.8, 4) is 0 Å². The molecule has 2 aromatic rings. The Bertz CT molecular complexity index is 1150. The molecule has 1 N–H and O–H groups in total. The molecule has 1 heterocycles. The van der Waals surface area contributed by atoms with Crippen LogP contribution in [-0.2, 0) is 16.6 Å². The number of carbonyl (C=O) groups excluding carboxylic acids is 1. The molecule has 1 amide bonds. The number of rotatable bonds is 4. The van der Waals surface area contributed by atoms with Gasteiger partial charge in [-0.25, -0.2) is 0 Å². The van der Waals surface area contributed by atoms with Gasteiger partial charge in [-0.2, -0.15) is 13.2 Å². The van der Waals surface area contributed by atoms with Gasteiger partial charge in [-0.1, -0.05) is 62.7 Å². The number of hydrogen-bond acceptors (Lipinski definition) is 3. The summed E-state index contributed by atoms with van der Waals surface area (Å²) < 4.78 is 40.2. The molecule has 194 valence electrons. The lowest BCUT2D eigenvalue weighted by Gasteiger charge is -2.46. The largest absolute Gasteiger partial charge is 0.416 e. The van der Waals surface area contributed by atoms with E-state index in [9.17, 15) is 23.1 Å². The Balaban J connectivity index is 1.72. The quantitative estimate of drug-likeness (QED) is 0.522. The summed E-state index contributed by atoms with van der Waals surface area (Å²) in [6.07, 6.45) is -1.62. The van der Waals surface area contributed by atoms with Crippen LogP contribution in [0.5, 0.6) is 0 Å². The molecular formula is C29H35F3N2O2. The van der Waals surface area contributed by atoms with Crippen LogP contribution in [0.4, 0.5) is 13.2 Å². The Hall–Kier alpha value is -2.67. The lowest BCUT2D eigenvalue weighted by Crippen LogP contribution is -2.54. The summed E-state index contributed by atoms with van der Waals surface area (Å²) in [5.41, 5.74) is -1.01. The number of benzene rings is 2. The molecular weight excluding hydrogens is 465 g/mol. The molecule has 0 bridgehead atoms. The summed E-state index contributed by atoms with van der Waals surface area (Å²) in [6.45, 7) is 10.2. The molecule has 7 heteroatoms. The number of aryl methyl sites for hydroxylation is 1. The number of hydrogen-bond donors (Lipinski definition) is 1. The smallest absolute Gasteiger partial charge is 0.384 e. The van der Waals surface area contributed by atoms with Gasteiger partial charge in [-0.15, -0.1) is 0 Å². The van der Waals surface area contributed by atoms with Gasteiger partial charge in [0.1, 0.15) is 17.0 Å². The summed E-state index contributed by atoms with van der Waals surface area (Å²) in [5, 5.41) is 11.5. The summed E-state index contributed by atoms with van der Waals surface area (Å²) >= 11 is 0. The van der Waals surface area contributed by atoms with Gasteiger partial charge in [0.05, 0.1) is 12.1 Å². The number of halogens is 3. The summed E-state index contributed by atoms with van der Waals surface area (Å²) in [6, 6.07) is 12.3. The fraction of sp³-hybridized carbons (Fsp3) is 0.517. The van der Waals surface area contributed by atoms with Crippen molar-refractivity contribution in [2.24, 2.45) is 16.3 Å². The van der Waals surface area contributed by atoms with E-state index in [2.05, 4.69) is 20.8 Å². The molecule has 0 saturated heterocycles. The minimum absolute atomic E-state index is 0.00103. The maximum absolute atomic E-state index is 13.8. The molecule has 1 saturated carbocycles. The SMILES string of the molecule is Cc1ccc(C(C)(O)CN2C(=O)C(c3cccc(C(F)(F)F)c3)=NC23CCC(C(C)(C)C)CC3)cc1. The average molecular weight is 501 g/mol. The van der Waals surface area contributed by atoms with Crippen molar-refractivity contribution < 1.29 is 23.1 Å². The number of β-amino-alcohol motifs (C(OH)–C–C–N with tert-alkyl or cyclic N) is 1. The summed E-state index contributed by atoms with van der Waals surface area (Å²) in [7, 11) is 0. The van der Waals surface area contributed by atoms with Gasteiger partial charge in [0.25, 0.3) is 5.91 Å². The van der Waals surface area contributed by atoms with Crippen molar-refractivity contribution in [2.75, 3.05) is 6.54 Å². The highest BCUT2D eigenvalue weighted by molar-refractivity contribution is 6.46. The Morgan fingerprint density at radius 1 is 1.00 bits per heavy atom. The van der Waals surface area contributed by atoms with Crippen LogP contribution >= 0.6 is 0 Å². The summed E-state index contributed by atoms with van der Waals surface area (Å²) in [4.78, 5) is 20.3. The highest BCUT2D eigenvalue weighted by Crippen LogP contribution is 2.47. The molecule has 1 atom stereocenters. The van der Waals surface area contributed by atoms with Crippen molar-refractivity contribution in [3.63, 3.8) is 0 Å². The number of carbonyl (C=O) groups is 1. The molecule has 0 aromatic heterocycles.